The highest BCUT2D eigenvalue weighted by molar-refractivity contribution is 5.97. The smallest absolute Gasteiger partial charge is 0.348 e. The second-order valence-corrected chi connectivity index (χ2v) is 4.93. The van der Waals surface area contributed by atoms with Gasteiger partial charge in [0, 0.05) is 0 Å². The summed E-state index contributed by atoms with van der Waals surface area (Å²) in [7, 11) is 0. The van der Waals surface area contributed by atoms with Crippen LogP contribution in [0.1, 0.15) is 45.1 Å². The number of benzene rings is 1. The molecule has 0 saturated carbocycles. The van der Waals surface area contributed by atoms with Crippen LogP contribution in [0, 0.1) is 11.3 Å². The number of carbonyl (C=O) groups is 1. The van der Waals surface area contributed by atoms with E-state index in [4.69, 9.17) is 14.7 Å². The Bertz CT molecular complexity index is 526. The van der Waals surface area contributed by atoms with Crippen LogP contribution in [-0.2, 0) is 9.53 Å². The molecular formula is C18H23NO3. The summed E-state index contributed by atoms with van der Waals surface area (Å²) < 4.78 is 10.6. The number of hydrogen-bond acceptors (Lipinski definition) is 4. The lowest BCUT2D eigenvalue weighted by molar-refractivity contribution is -0.138. The third-order valence-electron chi connectivity index (χ3n) is 3.03. The molecule has 0 bridgehead atoms. The van der Waals surface area contributed by atoms with Gasteiger partial charge in [-0.2, -0.15) is 5.26 Å². The molecular weight excluding hydrogens is 278 g/mol. The summed E-state index contributed by atoms with van der Waals surface area (Å²) in [6.45, 7) is 5.16. The van der Waals surface area contributed by atoms with E-state index in [1.807, 2.05) is 37.3 Å². The number of nitriles is 1. The van der Waals surface area contributed by atoms with Crippen LogP contribution in [-0.4, -0.2) is 19.2 Å². The van der Waals surface area contributed by atoms with Gasteiger partial charge >= 0.3 is 5.97 Å². The van der Waals surface area contributed by atoms with Crippen molar-refractivity contribution in [1.82, 2.24) is 0 Å². The highest BCUT2D eigenvalue weighted by atomic mass is 16.5. The second-order valence-electron chi connectivity index (χ2n) is 4.93. The number of unbranched alkanes of at least 4 members (excludes halogenated alkanes) is 2. The Kier molecular flexibility index (Phi) is 8.44. The predicted octanol–water partition coefficient (Wildman–Crippen LogP) is 4.12. The molecule has 0 N–H and O–H groups in total. The number of ether oxygens (including phenoxy) is 2. The molecule has 1 aromatic rings. The van der Waals surface area contributed by atoms with Gasteiger partial charge in [-0.25, -0.2) is 4.79 Å². The number of esters is 1. The quantitative estimate of drug-likeness (QED) is 0.298. The molecule has 118 valence electrons. The van der Waals surface area contributed by atoms with E-state index in [9.17, 15) is 4.79 Å². The van der Waals surface area contributed by atoms with Crippen LogP contribution in [0.5, 0.6) is 5.75 Å². The van der Waals surface area contributed by atoms with Crippen LogP contribution >= 0.6 is 0 Å². The van der Waals surface area contributed by atoms with Crippen molar-refractivity contribution in [1.29, 1.82) is 5.26 Å². The summed E-state index contributed by atoms with van der Waals surface area (Å²) >= 11 is 0. The standard InChI is InChI=1S/C18H23NO3/c1-3-5-11-21-17-9-7-15(8-10-17)13-16(14-19)18(20)22-12-6-4-2/h7-10,13H,3-6,11-12H2,1-2H3/b16-13-. The summed E-state index contributed by atoms with van der Waals surface area (Å²) in [6.07, 6.45) is 5.38. The first kappa shape index (κ1) is 17.8. The van der Waals surface area contributed by atoms with Gasteiger partial charge in [0.1, 0.15) is 17.4 Å². The van der Waals surface area contributed by atoms with Crippen LogP contribution in [0.4, 0.5) is 0 Å². The Morgan fingerprint density at radius 1 is 1.14 bits per heavy atom. The molecule has 4 heteroatoms. The zero-order chi connectivity index (χ0) is 16.2. The lowest BCUT2D eigenvalue weighted by Gasteiger charge is -2.05. The highest BCUT2D eigenvalue weighted by Crippen LogP contribution is 2.15. The van der Waals surface area contributed by atoms with Crippen molar-refractivity contribution in [2.75, 3.05) is 13.2 Å². The topological polar surface area (TPSA) is 59.3 Å². The summed E-state index contributed by atoms with van der Waals surface area (Å²) in [5.41, 5.74) is 0.780. The largest absolute Gasteiger partial charge is 0.494 e. The molecule has 0 heterocycles. The minimum absolute atomic E-state index is 0.00996. The van der Waals surface area contributed by atoms with Crippen LogP contribution in [0.25, 0.3) is 6.08 Å². The van der Waals surface area contributed by atoms with Crippen molar-refractivity contribution in [2.24, 2.45) is 0 Å². The normalized spacial score (nSPS) is 10.9. The fraction of sp³-hybridized carbons (Fsp3) is 0.444. The fourth-order valence-corrected chi connectivity index (χ4v) is 1.69. The molecule has 0 spiro atoms. The monoisotopic (exact) mass is 301 g/mol. The maximum atomic E-state index is 11.8. The molecule has 1 rings (SSSR count). The SMILES string of the molecule is CCCCOC(=O)/C(C#N)=C\c1ccc(OCCCC)cc1. The molecule has 0 aromatic heterocycles. The predicted molar refractivity (Wildman–Crippen MR) is 86.3 cm³/mol. The summed E-state index contributed by atoms with van der Waals surface area (Å²) in [5.74, 6) is 0.217. The Morgan fingerprint density at radius 2 is 1.77 bits per heavy atom. The van der Waals surface area contributed by atoms with Gasteiger partial charge in [0.05, 0.1) is 13.2 Å². The van der Waals surface area contributed by atoms with Crippen LogP contribution in [0.15, 0.2) is 29.8 Å². The molecule has 0 amide bonds. The van der Waals surface area contributed by atoms with E-state index in [0.717, 1.165) is 37.0 Å². The molecule has 0 unspecified atom stereocenters. The second kappa shape index (κ2) is 10.4. The third kappa shape index (κ3) is 6.45. The van der Waals surface area contributed by atoms with Crippen molar-refractivity contribution in [2.45, 2.75) is 39.5 Å². The maximum Gasteiger partial charge on any atom is 0.348 e. The average molecular weight is 301 g/mol. The van der Waals surface area contributed by atoms with E-state index >= 15 is 0 Å². The minimum atomic E-state index is -0.570. The lowest BCUT2D eigenvalue weighted by atomic mass is 10.1. The Labute approximate surface area is 132 Å². The molecule has 0 radical (unpaired) electrons. The van der Waals surface area contributed by atoms with E-state index in [1.54, 1.807) is 0 Å². The van der Waals surface area contributed by atoms with Crippen molar-refractivity contribution in [3.8, 4) is 11.8 Å². The van der Waals surface area contributed by atoms with E-state index in [-0.39, 0.29) is 5.57 Å². The van der Waals surface area contributed by atoms with Crippen LogP contribution < -0.4 is 4.74 Å². The van der Waals surface area contributed by atoms with E-state index in [2.05, 4.69) is 6.92 Å². The Morgan fingerprint density at radius 3 is 2.36 bits per heavy atom. The molecule has 0 saturated heterocycles. The summed E-state index contributed by atoms with van der Waals surface area (Å²) in [6, 6.07) is 9.19. The van der Waals surface area contributed by atoms with Crippen molar-refractivity contribution >= 4 is 12.0 Å². The van der Waals surface area contributed by atoms with Gasteiger partial charge in [0.25, 0.3) is 0 Å². The Hall–Kier alpha value is -2.28. The summed E-state index contributed by atoms with van der Waals surface area (Å²) in [4.78, 5) is 11.8. The van der Waals surface area contributed by atoms with Gasteiger partial charge in [-0.15, -0.1) is 0 Å². The molecule has 4 nitrogen and oxygen atoms in total. The van der Waals surface area contributed by atoms with Gasteiger partial charge in [0.15, 0.2) is 0 Å². The average Bonchev–Trinajstić information content (AvgIpc) is 2.54. The van der Waals surface area contributed by atoms with Crippen molar-refractivity contribution in [3.05, 3.63) is 35.4 Å². The van der Waals surface area contributed by atoms with Gasteiger partial charge in [0.2, 0.25) is 0 Å². The van der Waals surface area contributed by atoms with Crippen LogP contribution in [0.2, 0.25) is 0 Å². The van der Waals surface area contributed by atoms with Crippen LogP contribution in [0.3, 0.4) is 0 Å². The molecule has 0 aliphatic rings. The number of carbonyl (C=O) groups excluding carboxylic acids is 1. The zero-order valence-corrected chi connectivity index (χ0v) is 13.3. The fourth-order valence-electron chi connectivity index (χ4n) is 1.69. The lowest BCUT2D eigenvalue weighted by Crippen LogP contribution is -2.07. The number of rotatable bonds is 9. The molecule has 0 fully saturated rings. The van der Waals surface area contributed by atoms with Gasteiger partial charge in [-0.05, 0) is 36.6 Å². The maximum absolute atomic E-state index is 11.8. The van der Waals surface area contributed by atoms with E-state index in [0.29, 0.717) is 13.2 Å². The highest BCUT2D eigenvalue weighted by Gasteiger charge is 2.10. The van der Waals surface area contributed by atoms with Gasteiger partial charge in [-0.1, -0.05) is 38.8 Å². The first-order valence-electron chi connectivity index (χ1n) is 7.73. The van der Waals surface area contributed by atoms with Gasteiger partial charge in [-0.3, -0.25) is 0 Å². The first-order chi connectivity index (χ1) is 10.7. The van der Waals surface area contributed by atoms with Crippen molar-refractivity contribution in [3.63, 3.8) is 0 Å². The third-order valence-corrected chi connectivity index (χ3v) is 3.03. The van der Waals surface area contributed by atoms with Crippen molar-refractivity contribution < 1.29 is 14.3 Å². The summed E-state index contributed by atoms with van der Waals surface area (Å²) in [5, 5.41) is 9.07. The first-order valence-corrected chi connectivity index (χ1v) is 7.73. The molecule has 22 heavy (non-hydrogen) atoms. The molecule has 0 aliphatic carbocycles. The van der Waals surface area contributed by atoms with E-state index < -0.39 is 5.97 Å². The number of nitrogens with zero attached hydrogens (tertiary/aromatic N) is 1. The Balaban J connectivity index is 2.65. The minimum Gasteiger partial charge on any atom is -0.494 e. The van der Waals surface area contributed by atoms with E-state index in [1.165, 1.54) is 6.08 Å². The molecule has 0 aliphatic heterocycles. The number of hydrogen-bond donors (Lipinski definition) is 0. The zero-order valence-electron chi connectivity index (χ0n) is 13.3. The molecule has 1 aromatic carbocycles. The van der Waals surface area contributed by atoms with Gasteiger partial charge < -0.3 is 9.47 Å². The molecule has 0 atom stereocenters.